The van der Waals surface area contributed by atoms with Crippen LogP contribution in [0.1, 0.15) is 38.0 Å². The molecule has 1 aromatic heterocycles. The zero-order valence-electron chi connectivity index (χ0n) is 10.7. The quantitative estimate of drug-likeness (QED) is 0.801. The van der Waals surface area contributed by atoms with Crippen LogP contribution in [-0.2, 0) is 11.2 Å². The number of likely N-dealkylation sites (tertiary alicyclic amines) is 1. The number of carbonyl (C=O) groups is 1. The van der Waals surface area contributed by atoms with Crippen LogP contribution in [0.25, 0.3) is 0 Å². The summed E-state index contributed by atoms with van der Waals surface area (Å²) in [5.41, 5.74) is -0.250. The summed E-state index contributed by atoms with van der Waals surface area (Å²) in [5, 5.41) is 2.04. The van der Waals surface area contributed by atoms with Gasteiger partial charge >= 0.3 is 0 Å². The molecule has 0 bridgehead atoms. The molecule has 94 valence electrons. The molecule has 2 nitrogen and oxygen atoms in total. The number of hydrogen-bond donors (Lipinski definition) is 0. The first-order valence-electron chi connectivity index (χ1n) is 6.47. The van der Waals surface area contributed by atoms with E-state index < -0.39 is 0 Å². The fraction of sp³-hybridized carbons (Fsp3) is 0.643. The molecule has 17 heavy (non-hydrogen) atoms. The number of nitrogens with zero attached hydrogens (tertiary/aromatic N) is 1. The van der Waals surface area contributed by atoms with Crippen LogP contribution in [0, 0.1) is 0 Å². The van der Waals surface area contributed by atoms with E-state index in [1.165, 1.54) is 17.7 Å². The van der Waals surface area contributed by atoms with E-state index in [0.29, 0.717) is 12.2 Å². The number of ketones is 1. The van der Waals surface area contributed by atoms with Gasteiger partial charge in [0.2, 0.25) is 0 Å². The highest BCUT2D eigenvalue weighted by molar-refractivity contribution is 7.10. The highest BCUT2D eigenvalue weighted by Gasteiger charge is 2.38. The summed E-state index contributed by atoms with van der Waals surface area (Å²) in [6.45, 7) is 6.42. The van der Waals surface area contributed by atoms with Crippen LogP contribution in [0.5, 0.6) is 0 Å². The van der Waals surface area contributed by atoms with Gasteiger partial charge in [-0.1, -0.05) is 13.0 Å². The van der Waals surface area contributed by atoms with Crippen molar-refractivity contribution in [3.63, 3.8) is 0 Å². The molecule has 3 heteroatoms. The van der Waals surface area contributed by atoms with Crippen LogP contribution in [0.2, 0.25) is 0 Å². The number of Topliss-reactive ketones (excluding diaryl/α,β-unsaturated/α-hetero) is 1. The predicted octanol–water partition coefficient (Wildman–Crippen LogP) is 3.12. The highest BCUT2D eigenvalue weighted by Crippen LogP contribution is 2.27. The van der Waals surface area contributed by atoms with Crippen molar-refractivity contribution in [2.24, 2.45) is 0 Å². The lowest BCUT2D eigenvalue weighted by Crippen LogP contribution is -2.51. The molecule has 1 aromatic rings. The zero-order valence-corrected chi connectivity index (χ0v) is 11.6. The third-order valence-corrected chi connectivity index (χ3v) is 4.88. The average molecular weight is 251 g/mol. The molecule has 0 N–H and O–H groups in total. The summed E-state index contributed by atoms with van der Waals surface area (Å²) in [5.74, 6) is 0.379. The Morgan fingerprint density at radius 3 is 2.71 bits per heavy atom. The molecule has 0 saturated carbocycles. The predicted molar refractivity (Wildman–Crippen MR) is 72.5 cm³/mol. The molecular weight excluding hydrogens is 230 g/mol. The van der Waals surface area contributed by atoms with Crippen LogP contribution in [0.15, 0.2) is 17.5 Å². The minimum Gasteiger partial charge on any atom is -0.297 e. The van der Waals surface area contributed by atoms with Crippen LogP contribution in [0.3, 0.4) is 0 Å². The van der Waals surface area contributed by atoms with Crippen molar-refractivity contribution in [1.82, 2.24) is 4.90 Å². The molecule has 0 radical (unpaired) electrons. The monoisotopic (exact) mass is 251 g/mol. The first kappa shape index (κ1) is 12.8. The van der Waals surface area contributed by atoms with E-state index in [4.69, 9.17) is 0 Å². The topological polar surface area (TPSA) is 20.3 Å². The van der Waals surface area contributed by atoms with Gasteiger partial charge in [-0.05, 0) is 50.7 Å². The van der Waals surface area contributed by atoms with Gasteiger partial charge in [0.15, 0.2) is 5.78 Å². The molecule has 0 aliphatic carbocycles. The third kappa shape index (κ3) is 2.61. The number of rotatable bonds is 5. The van der Waals surface area contributed by atoms with Gasteiger partial charge < -0.3 is 0 Å². The molecule has 1 fully saturated rings. The second-order valence-electron chi connectivity index (χ2n) is 5.00. The van der Waals surface area contributed by atoms with Crippen molar-refractivity contribution in [2.75, 3.05) is 13.1 Å². The first-order chi connectivity index (χ1) is 8.16. The Hall–Kier alpha value is -0.670. The normalized spacial score (nSPS) is 20.4. The van der Waals surface area contributed by atoms with Gasteiger partial charge in [0, 0.05) is 11.3 Å². The lowest BCUT2D eigenvalue weighted by Gasteiger charge is -2.36. The molecule has 1 unspecified atom stereocenters. The summed E-state index contributed by atoms with van der Waals surface area (Å²) >= 11 is 1.68. The van der Waals surface area contributed by atoms with Crippen molar-refractivity contribution in [3.8, 4) is 0 Å². The van der Waals surface area contributed by atoms with Crippen LogP contribution >= 0.6 is 11.3 Å². The SMILES string of the molecule is CCC(C)(C(=O)Cc1cccs1)N1CCCC1. The van der Waals surface area contributed by atoms with Crippen LogP contribution in [-0.4, -0.2) is 29.3 Å². The van der Waals surface area contributed by atoms with E-state index in [-0.39, 0.29) is 5.54 Å². The van der Waals surface area contributed by atoms with Crippen molar-refractivity contribution < 1.29 is 4.79 Å². The summed E-state index contributed by atoms with van der Waals surface area (Å²) in [7, 11) is 0. The molecule has 1 saturated heterocycles. The highest BCUT2D eigenvalue weighted by atomic mass is 32.1. The van der Waals surface area contributed by atoms with Gasteiger partial charge in [0.05, 0.1) is 5.54 Å². The van der Waals surface area contributed by atoms with Crippen molar-refractivity contribution in [3.05, 3.63) is 22.4 Å². The maximum absolute atomic E-state index is 12.5. The molecular formula is C14H21NOS. The maximum atomic E-state index is 12.5. The number of hydrogen-bond acceptors (Lipinski definition) is 3. The van der Waals surface area contributed by atoms with Gasteiger partial charge in [-0.25, -0.2) is 0 Å². The lowest BCUT2D eigenvalue weighted by molar-refractivity contribution is -0.129. The van der Waals surface area contributed by atoms with Crippen molar-refractivity contribution in [1.29, 1.82) is 0 Å². The Labute approximate surface area is 108 Å². The fourth-order valence-electron chi connectivity index (χ4n) is 2.57. The Bertz CT molecular complexity index is 368. The number of carbonyl (C=O) groups excluding carboxylic acids is 1. The summed E-state index contributed by atoms with van der Waals surface area (Å²) in [4.78, 5) is 16.1. The smallest absolute Gasteiger partial charge is 0.157 e. The molecule has 1 atom stereocenters. The van der Waals surface area contributed by atoms with Crippen LogP contribution < -0.4 is 0 Å². The van der Waals surface area contributed by atoms with Gasteiger partial charge in [-0.15, -0.1) is 11.3 Å². The second-order valence-corrected chi connectivity index (χ2v) is 6.03. The molecule has 0 aromatic carbocycles. The van der Waals surface area contributed by atoms with Crippen molar-refractivity contribution >= 4 is 17.1 Å². The van der Waals surface area contributed by atoms with E-state index >= 15 is 0 Å². The summed E-state index contributed by atoms with van der Waals surface area (Å²) < 4.78 is 0. The third-order valence-electron chi connectivity index (χ3n) is 4.01. The Morgan fingerprint density at radius 2 is 2.18 bits per heavy atom. The minimum absolute atomic E-state index is 0.250. The lowest BCUT2D eigenvalue weighted by atomic mass is 9.89. The summed E-state index contributed by atoms with van der Waals surface area (Å²) in [6.07, 6.45) is 3.99. The maximum Gasteiger partial charge on any atom is 0.157 e. The molecule has 1 aliphatic rings. The van der Waals surface area contributed by atoms with E-state index in [1.807, 2.05) is 11.4 Å². The minimum atomic E-state index is -0.250. The average Bonchev–Trinajstić information content (AvgIpc) is 3.00. The van der Waals surface area contributed by atoms with Gasteiger partial charge in [0.25, 0.3) is 0 Å². The molecule has 2 rings (SSSR count). The Kier molecular flexibility index (Phi) is 4.00. The molecule has 0 spiro atoms. The Morgan fingerprint density at radius 1 is 1.47 bits per heavy atom. The Balaban J connectivity index is 2.08. The summed E-state index contributed by atoms with van der Waals surface area (Å²) in [6, 6.07) is 4.08. The second kappa shape index (κ2) is 5.32. The van der Waals surface area contributed by atoms with E-state index in [1.54, 1.807) is 11.3 Å². The number of thiophene rings is 1. The molecule has 0 amide bonds. The zero-order chi connectivity index (χ0) is 12.3. The standard InChI is InChI=1S/C14H21NOS/c1-3-14(2,15-8-4-5-9-15)13(16)11-12-7-6-10-17-12/h6-7,10H,3-5,8-9,11H2,1-2H3. The molecule has 2 heterocycles. The van der Waals surface area contributed by atoms with Gasteiger partial charge in [-0.2, -0.15) is 0 Å². The van der Waals surface area contributed by atoms with Crippen molar-refractivity contribution in [2.45, 2.75) is 45.1 Å². The fourth-order valence-corrected chi connectivity index (χ4v) is 3.27. The van der Waals surface area contributed by atoms with E-state index in [2.05, 4.69) is 24.8 Å². The van der Waals surface area contributed by atoms with E-state index in [9.17, 15) is 4.79 Å². The van der Waals surface area contributed by atoms with E-state index in [0.717, 1.165) is 19.5 Å². The largest absolute Gasteiger partial charge is 0.297 e. The van der Waals surface area contributed by atoms with Gasteiger partial charge in [-0.3, -0.25) is 9.69 Å². The first-order valence-corrected chi connectivity index (χ1v) is 7.35. The van der Waals surface area contributed by atoms with Crippen LogP contribution in [0.4, 0.5) is 0 Å². The van der Waals surface area contributed by atoms with Gasteiger partial charge in [0.1, 0.15) is 0 Å². The molecule has 1 aliphatic heterocycles.